The molecule has 0 N–H and O–H groups in total. The smallest absolute Gasteiger partial charge is 0.250 e. The standard InChI is InChI=1S/C18H25N3O3/c1-14(2)21-10-5-7-18(17(21)24)8-11-20(13-18)16(23)12-19-9-4-3-6-15(19)22/h3-4,6,9,14H,5,7-8,10-13H2,1-2H3/t18-/m0/s1. The van der Waals surface area contributed by atoms with Gasteiger partial charge in [-0.1, -0.05) is 6.07 Å². The highest BCUT2D eigenvalue weighted by Crippen LogP contribution is 2.40. The Morgan fingerprint density at radius 2 is 2.00 bits per heavy atom. The summed E-state index contributed by atoms with van der Waals surface area (Å²) in [5, 5.41) is 0. The van der Waals surface area contributed by atoms with Gasteiger partial charge in [-0.3, -0.25) is 14.4 Å². The van der Waals surface area contributed by atoms with Gasteiger partial charge in [0.1, 0.15) is 6.54 Å². The number of rotatable bonds is 3. The van der Waals surface area contributed by atoms with E-state index in [0.717, 1.165) is 25.8 Å². The maximum Gasteiger partial charge on any atom is 0.250 e. The Kier molecular flexibility index (Phi) is 4.47. The zero-order valence-electron chi connectivity index (χ0n) is 14.4. The van der Waals surface area contributed by atoms with E-state index >= 15 is 0 Å². The molecule has 1 aromatic rings. The van der Waals surface area contributed by atoms with Crippen LogP contribution < -0.4 is 5.56 Å². The first-order valence-electron chi connectivity index (χ1n) is 8.67. The molecule has 130 valence electrons. The third-order valence-corrected chi connectivity index (χ3v) is 5.30. The van der Waals surface area contributed by atoms with Crippen molar-refractivity contribution in [3.8, 4) is 0 Å². The number of nitrogens with zero attached hydrogens (tertiary/aromatic N) is 3. The van der Waals surface area contributed by atoms with Crippen LogP contribution in [0.25, 0.3) is 0 Å². The van der Waals surface area contributed by atoms with Gasteiger partial charge in [-0.15, -0.1) is 0 Å². The van der Waals surface area contributed by atoms with Gasteiger partial charge in [0.25, 0.3) is 5.56 Å². The van der Waals surface area contributed by atoms with Gasteiger partial charge < -0.3 is 14.4 Å². The van der Waals surface area contributed by atoms with Crippen molar-refractivity contribution in [2.24, 2.45) is 5.41 Å². The van der Waals surface area contributed by atoms with Crippen LogP contribution in [0.3, 0.4) is 0 Å². The number of carbonyl (C=O) groups is 2. The maximum absolute atomic E-state index is 12.9. The SMILES string of the molecule is CC(C)N1CCC[C@@]2(CCN(C(=O)Cn3ccccc3=O)C2)C1=O. The summed E-state index contributed by atoms with van der Waals surface area (Å²) in [7, 11) is 0. The Morgan fingerprint density at radius 3 is 2.71 bits per heavy atom. The van der Waals surface area contributed by atoms with E-state index in [2.05, 4.69) is 0 Å². The molecule has 3 heterocycles. The highest BCUT2D eigenvalue weighted by molar-refractivity contribution is 5.86. The number of carbonyl (C=O) groups excluding carboxylic acids is 2. The Morgan fingerprint density at radius 1 is 1.21 bits per heavy atom. The monoisotopic (exact) mass is 331 g/mol. The molecule has 2 amide bonds. The average molecular weight is 331 g/mol. The summed E-state index contributed by atoms with van der Waals surface area (Å²) in [6.45, 7) is 6.00. The summed E-state index contributed by atoms with van der Waals surface area (Å²) in [5.41, 5.74) is -0.598. The number of hydrogen-bond acceptors (Lipinski definition) is 3. The normalized spacial score (nSPS) is 24.2. The van der Waals surface area contributed by atoms with Crippen molar-refractivity contribution in [2.75, 3.05) is 19.6 Å². The van der Waals surface area contributed by atoms with E-state index in [4.69, 9.17) is 0 Å². The molecule has 0 radical (unpaired) electrons. The minimum atomic E-state index is -0.417. The molecule has 2 saturated heterocycles. The van der Waals surface area contributed by atoms with Gasteiger partial charge in [0.15, 0.2) is 0 Å². The first-order chi connectivity index (χ1) is 11.4. The Balaban J connectivity index is 1.70. The molecule has 0 bridgehead atoms. The second-order valence-corrected chi connectivity index (χ2v) is 7.21. The van der Waals surface area contributed by atoms with E-state index in [-0.39, 0.29) is 30.0 Å². The van der Waals surface area contributed by atoms with E-state index < -0.39 is 5.41 Å². The Hall–Kier alpha value is -2.11. The zero-order chi connectivity index (χ0) is 17.3. The Labute approximate surface area is 142 Å². The van der Waals surface area contributed by atoms with Gasteiger partial charge >= 0.3 is 0 Å². The lowest BCUT2D eigenvalue weighted by molar-refractivity contribution is -0.148. The summed E-state index contributed by atoms with van der Waals surface area (Å²) >= 11 is 0. The predicted octanol–water partition coefficient (Wildman–Crippen LogP) is 1.10. The number of pyridine rings is 1. The lowest BCUT2D eigenvalue weighted by atomic mass is 9.78. The first-order valence-corrected chi connectivity index (χ1v) is 8.67. The second-order valence-electron chi connectivity index (χ2n) is 7.21. The fourth-order valence-electron chi connectivity index (χ4n) is 3.89. The molecule has 6 nitrogen and oxygen atoms in total. The fraction of sp³-hybridized carbons (Fsp3) is 0.611. The van der Waals surface area contributed by atoms with E-state index in [1.165, 1.54) is 10.6 Å². The van der Waals surface area contributed by atoms with E-state index in [0.29, 0.717) is 13.1 Å². The van der Waals surface area contributed by atoms with Crippen LogP contribution in [0.15, 0.2) is 29.2 Å². The van der Waals surface area contributed by atoms with Crippen molar-refractivity contribution in [3.63, 3.8) is 0 Å². The number of hydrogen-bond donors (Lipinski definition) is 0. The summed E-state index contributed by atoms with van der Waals surface area (Å²) in [6.07, 6.45) is 4.19. The first kappa shape index (κ1) is 16.7. The van der Waals surface area contributed by atoms with Crippen molar-refractivity contribution in [3.05, 3.63) is 34.7 Å². The molecule has 1 spiro atoms. The highest BCUT2D eigenvalue weighted by Gasteiger charge is 2.49. The van der Waals surface area contributed by atoms with Crippen molar-refractivity contribution in [1.82, 2.24) is 14.4 Å². The summed E-state index contributed by atoms with van der Waals surface area (Å²) in [5.74, 6) is 0.102. The molecule has 0 aliphatic carbocycles. The molecular formula is C18H25N3O3. The van der Waals surface area contributed by atoms with Gasteiger partial charge in [-0.2, -0.15) is 0 Å². The molecular weight excluding hydrogens is 306 g/mol. The van der Waals surface area contributed by atoms with Gasteiger partial charge in [0.2, 0.25) is 11.8 Å². The van der Waals surface area contributed by atoms with Crippen LogP contribution in [0.1, 0.15) is 33.1 Å². The van der Waals surface area contributed by atoms with Crippen LogP contribution in [0.5, 0.6) is 0 Å². The number of piperidine rings is 1. The number of likely N-dealkylation sites (tertiary alicyclic amines) is 2. The lowest BCUT2D eigenvalue weighted by Crippen LogP contribution is -2.52. The molecule has 3 rings (SSSR count). The van der Waals surface area contributed by atoms with Gasteiger partial charge in [0, 0.05) is 37.9 Å². The summed E-state index contributed by atoms with van der Waals surface area (Å²) in [4.78, 5) is 40.9. The highest BCUT2D eigenvalue weighted by atomic mass is 16.2. The van der Waals surface area contributed by atoms with Crippen molar-refractivity contribution < 1.29 is 9.59 Å². The van der Waals surface area contributed by atoms with Crippen LogP contribution in [0.4, 0.5) is 0 Å². The zero-order valence-corrected chi connectivity index (χ0v) is 14.4. The van der Waals surface area contributed by atoms with Crippen LogP contribution in [0.2, 0.25) is 0 Å². The lowest BCUT2D eigenvalue weighted by Gasteiger charge is -2.41. The number of amides is 2. The third kappa shape index (κ3) is 2.97. The molecule has 2 aliphatic heterocycles. The maximum atomic E-state index is 12.9. The molecule has 0 unspecified atom stereocenters. The second kappa shape index (κ2) is 6.42. The summed E-state index contributed by atoms with van der Waals surface area (Å²) in [6, 6.07) is 5.05. The molecule has 2 fully saturated rings. The molecule has 2 aliphatic rings. The van der Waals surface area contributed by atoms with E-state index in [1.54, 1.807) is 23.2 Å². The van der Waals surface area contributed by atoms with Crippen molar-refractivity contribution in [2.45, 2.75) is 45.7 Å². The van der Waals surface area contributed by atoms with Gasteiger partial charge in [-0.25, -0.2) is 0 Å². The van der Waals surface area contributed by atoms with Gasteiger partial charge in [-0.05, 0) is 39.2 Å². The van der Waals surface area contributed by atoms with Crippen LogP contribution in [-0.2, 0) is 16.1 Å². The minimum Gasteiger partial charge on any atom is -0.340 e. The molecule has 24 heavy (non-hydrogen) atoms. The topological polar surface area (TPSA) is 62.6 Å². The van der Waals surface area contributed by atoms with Crippen LogP contribution in [0, 0.1) is 5.41 Å². The molecule has 1 atom stereocenters. The van der Waals surface area contributed by atoms with E-state index in [9.17, 15) is 14.4 Å². The van der Waals surface area contributed by atoms with Crippen LogP contribution in [-0.4, -0.2) is 51.9 Å². The van der Waals surface area contributed by atoms with E-state index in [1.807, 2.05) is 18.7 Å². The predicted molar refractivity (Wildman–Crippen MR) is 90.4 cm³/mol. The summed E-state index contributed by atoms with van der Waals surface area (Å²) < 4.78 is 1.41. The largest absolute Gasteiger partial charge is 0.340 e. The average Bonchev–Trinajstić information content (AvgIpc) is 2.97. The van der Waals surface area contributed by atoms with Crippen molar-refractivity contribution in [1.29, 1.82) is 0 Å². The Bertz CT molecular complexity index is 697. The number of aromatic nitrogens is 1. The molecule has 0 aromatic carbocycles. The van der Waals surface area contributed by atoms with Gasteiger partial charge in [0.05, 0.1) is 5.41 Å². The fourth-order valence-corrected chi connectivity index (χ4v) is 3.89. The third-order valence-electron chi connectivity index (χ3n) is 5.30. The molecule has 6 heteroatoms. The van der Waals surface area contributed by atoms with Crippen LogP contribution >= 0.6 is 0 Å². The quantitative estimate of drug-likeness (QED) is 0.833. The molecule has 0 saturated carbocycles. The minimum absolute atomic E-state index is 0.0395. The molecule has 1 aromatic heterocycles. The van der Waals surface area contributed by atoms with Crippen molar-refractivity contribution >= 4 is 11.8 Å².